The van der Waals surface area contributed by atoms with Crippen LogP contribution in [0.15, 0.2) is 22.5 Å². The third-order valence-corrected chi connectivity index (χ3v) is 5.71. The van der Waals surface area contributed by atoms with Crippen LogP contribution in [0, 0.1) is 0 Å². The molecule has 0 aromatic rings. The van der Waals surface area contributed by atoms with Crippen LogP contribution < -0.4 is 0 Å². The van der Waals surface area contributed by atoms with Gasteiger partial charge in [-0.1, -0.05) is 28.6 Å². The second kappa shape index (κ2) is 12.4. The van der Waals surface area contributed by atoms with Crippen LogP contribution >= 0.6 is 11.6 Å². The number of allylic oxidation sites excluding steroid dienone is 2. The average Bonchev–Trinajstić information content (AvgIpc) is 2.27. The van der Waals surface area contributed by atoms with E-state index in [1.54, 1.807) is 0 Å². The number of hydrogen-bond donors (Lipinski definition) is 0. The molecule has 0 rings (SSSR count). The van der Waals surface area contributed by atoms with Gasteiger partial charge in [-0.15, -0.1) is 11.6 Å². The Hall–Kier alpha value is 0.341. The fourth-order valence-electron chi connectivity index (χ4n) is 0.821. The first kappa shape index (κ1) is 18.3. The molecule has 0 aliphatic heterocycles. The molecule has 0 N–H and O–H groups in total. The summed E-state index contributed by atoms with van der Waals surface area (Å²) >= 11 is 5.68. The lowest BCUT2D eigenvalue weighted by Gasteiger charge is -2.16. The first-order chi connectivity index (χ1) is 8.56. The van der Waals surface area contributed by atoms with Gasteiger partial charge in [-0.2, -0.15) is 0 Å². The van der Waals surface area contributed by atoms with Gasteiger partial charge in [0.2, 0.25) is 0 Å². The van der Waals surface area contributed by atoms with Crippen molar-refractivity contribution < 1.29 is 8.85 Å². The predicted molar refractivity (Wildman–Crippen MR) is 82.2 cm³/mol. The average molecular weight is 317 g/mol. The molecule has 0 spiro atoms. The van der Waals surface area contributed by atoms with E-state index < -0.39 is 0 Å². The first-order valence-electron chi connectivity index (χ1n) is 5.94. The lowest BCUT2D eigenvalue weighted by molar-refractivity contribution is 0.0847. The van der Waals surface area contributed by atoms with Crippen LogP contribution in [0.25, 0.3) is 0 Å². The van der Waals surface area contributed by atoms with Crippen LogP contribution in [0.3, 0.4) is 0 Å². The Labute approximate surface area is 124 Å². The fraction of sp³-hybridized carbons (Fsp3) is 0.667. The molecule has 6 heteroatoms. The van der Waals surface area contributed by atoms with Gasteiger partial charge in [-0.25, -0.2) is 0 Å². The minimum absolute atomic E-state index is 0.0731. The molecule has 0 amide bonds. The quantitative estimate of drug-likeness (QED) is 0.267. The molecule has 0 saturated carbocycles. The van der Waals surface area contributed by atoms with E-state index in [2.05, 4.69) is 39.1 Å². The van der Waals surface area contributed by atoms with Gasteiger partial charge in [0.15, 0.2) is 0 Å². The van der Waals surface area contributed by atoms with E-state index in [0.717, 1.165) is 12.5 Å². The number of halogens is 1. The third-order valence-electron chi connectivity index (χ3n) is 1.67. The van der Waals surface area contributed by atoms with E-state index in [1.165, 1.54) is 11.1 Å². The van der Waals surface area contributed by atoms with Gasteiger partial charge in [0.05, 0.1) is 0 Å². The summed E-state index contributed by atoms with van der Waals surface area (Å²) in [6.07, 6.45) is 1.03. The van der Waals surface area contributed by atoms with Crippen molar-refractivity contribution in [3.05, 3.63) is 22.5 Å². The molecule has 6 radical (unpaired) electrons. The van der Waals surface area contributed by atoms with Crippen LogP contribution in [0.1, 0.15) is 34.1 Å². The maximum absolute atomic E-state index is 5.76. The van der Waals surface area contributed by atoms with E-state index in [0.29, 0.717) is 34.9 Å². The van der Waals surface area contributed by atoms with Crippen molar-refractivity contribution in [1.29, 1.82) is 0 Å². The molecule has 0 atom stereocenters. The van der Waals surface area contributed by atoms with Crippen molar-refractivity contribution >= 4 is 40.6 Å². The van der Waals surface area contributed by atoms with Crippen molar-refractivity contribution in [2.24, 2.45) is 0 Å². The molecular weight excluding hydrogens is 296 g/mol. The lowest BCUT2D eigenvalue weighted by Crippen LogP contribution is -2.27. The predicted octanol–water partition coefficient (Wildman–Crippen LogP) is 3.14. The van der Waals surface area contributed by atoms with Gasteiger partial charge in [0, 0.05) is 5.88 Å². The van der Waals surface area contributed by atoms with Crippen LogP contribution in [0.4, 0.5) is 0 Å². The van der Waals surface area contributed by atoms with E-state index in [9.17, 15) is 0 Å². The largest absolute Gasteiger partial charge is 0.392 e. The highest BCUT2D eigenvalue weighted by atomic mass is 35.5. The third kappa shape index (κ3) is 12.8. The van der Waals surface area contributed by atoms with Gasteiger partial charge in [-0.3, -0.25) is 0 Å². The standard InChI is InChI=1S/C12H21ClO2Si3/c1-10(2)8-17-14-12(16-7-5-6-13)15-18-9-11(3)4/h8-9,12H,5-7H2,1-4H3. The van der Waals surface area contributed by atoms with E-state index in [-0.39, 0.29) is 5.91 Å². The van der Waals surface area contributed by atoms with E-state index in [1.807, 2.05) is 0 Å². The van der Waals surface area contributed by atoms with Crippen LogP contribution in [-0.4, -0.2) is 40.8 Å². The van der Waals surface area contributed by atoms with Crippen molar-refractivity contribution in [1.82, 2.24) is 0 Å². The zero-order valence-corrected chi connectivity index (χ0v) is 15.3. The topological polar surface area (TPSA) is 18.5 Å². The van der Waals surface area contributed by atoms with E-state index in [4.69, 9.17) is 20.5 Å². The summed E-state index contributed by atoms with van der Waals surface area (Å²) in [7, 11) is 1.43. The number of alkyl halides is 1. The van der Waals surface area contributed by atoms with Gasteiger partial charge in [0.25, 0.3) is 19.5 Å². The zero-order chi connectivity index (χ0) is 13.8. The minimum atomic E-state index is -0.0731. The molecule has 0 aliphatic carbocycles. The summed E-state index contributed by atoms with van der Waals surface area (Å²) < 4.78 is 11.5. The Kier molecular flexibility index (Phi) is 12.6. The van der Waals surface area contributed by atoms with Gasteiger partial charge < -0.3 is 8.85 Å². The normalized spacial score (nSPS) is 10.6. The SMILES string of the molecule is CC(C)=C[Si]OC(O[Si]C=C(C)C)[Si]CCCCl. The molecule has 0 saturated heterocycles. The molecular formula is C12H21ClO2Si3. The number of hydrogen-bond acceptors (Lipinski definition) is 2. The molecule has 0 aliphatic rings. The van der Waals surface area contributed by atoms with Crippen molar-refractivity contribution in [3.63, 3.8) is 0 Å². The van der Waals surface area contributed by atoms with Crippen LogP contribution in [-0.2, 0) is 8.85 Å². The molecule has 2 nitrogen and oxygen atoms in total. The Morgan fingerprint density at radius 3 is 1.94 bits per heavy atom. The zero-order valence-electron chi connectivity index (χ0n) is 11.5. The molecule has 0 unspecified atom stereocenters. The summed E-state index contributed by atoms with van der Waals surface area (Å²) in [5.41, 5.74) is 6.77. The molecule has 0 fully saturated rings. The highest BCUT2D eigenvalue weighted by molar-refractivity contribution is 6.43. The second-order valence-electron chi connectivity index (χ2n) is 4.24. The lowest BCUT2D eigenvalue weighted by atomic mass is 10.4. The van der Waals surface area contributed by atoms with Crippen molar-refractivity contribution in [3.8, 4) is 0 Å². The summed E-state index contributed by atoms with van der Waals surface area (Å²) in [4.78, 5) is 0. The molecule has 100 valence electrons. The fourth-order valence-corrected chi connectivity index (χ4v) is 3.92. The highest BCUT2D eigenvalue weighted by Gasteiger charge is 2.09. The monoisotopic (exact) mass is 316 g/mol. The van der Waals surface area contributed by atoms with Crippen LogP contribution in [0.5, 0.6) is 0 Å². The summed E-state index contributed by atoms with van der Waals surface area (Å²) in [5, 5.41) is 0. The van der Waals surface area contributed by atoms with Gasteiger partial charge >= 0.3 is 0 Å². The maximum atomic E-state index is 5.76. The second-order valence-corrected chi connectivity index (χ2v) is 7.52. The summed E-state index contributed by atoms with van der Waals surface area (Å²) in [6, 6.07) is 1.08. The van der Waals surface area contributed by atoms with E-state index >= 15 is 0 Å². The minimum Gasteiger partial charge on any atom is -0.392 e. The molecule has 0 heterocycles. The molecule has 0 aromatic carbocycles. The Balaban J connectivity index is 3.98. The highest BCUT2D eigenvalue weighted by Crippen LogP contribution is 2.01. The van der Waals surface area contributed by atoms with Crippen molar-refractivity contribution in [2.75, 3.05) is 5.88 Å². The Morgan fingerprint density at radius 1 is 1.06 bits per heavy atom. The Morgan fingerprint density at radius 2 is 1.56 bits per heavy atom. The number of rotatable bonds is 10. The molecule has 0 bridgehead atoms. The van der Waals surface area contributed by atoms with Gasteiger partial charge in [-0.05, 0) is 34.1 Å². The van der Waals surface area contributed by atoms with Gasteiger partial charge in [0.1, 0.15) is 15.4 Å². The maximum Gasteiger partial charge on any atom is 0.263 e. The Bertz CT molecular complexity index is 240. The van der Waals surface area contributed by atoms with Crippen molar-refractivity contribution in [2.45, 2.75) is 46.1 Å². The summed E-state index contributed by atoms with van der Waals surface area (Å²) in [6.45, 7) is 8.31. The first-order valence-corrected chi connectivity index (χ1v) is 9.73. The van der Waals surface area contributed by atoms with Crippen LogP contribution in [0.2, 0.25) is 6.04 Å². The molecule has 18 heavy (non-hydrogen) atoms. The molecule has 0 aromatic heterocycles. The summed E-state index contributed by atoms with van der Waals surface area (Å²) in [5.74, 6) is 0.641. The smallest absolute Gasteiger partial charge is 0.263 e.